The molecule has 40 heavy (non-hydrogen) atoms. The number of aromatic nitrogens is 2. The summed E-state index contributed by atoms with van der Waals surface area (Å²) in [5.74, 6) is 0.711. The van der Waals surface area contributed by atoms with E-state index in [2.05, 4.69) is 34.1 Å². The number of halogens is 1. The molecular weight excluding hydrogens is 528 g/mol. The molecule has 2 aromatic carbocycles. The van der Waals surface area contributed by atoms with Crippen molar-refractivity contribution in [1.29, 1.82) is 0 Å². The third kappa shape index (κ3) is 8.42. The molecule has 1 saturated heterocycles. The number of piperidine rings is 1. The Morgan fingerprint density at radius 2 is 1.80 bits per heavy atom. The number of anilines is 1. The summed E-state index contributed by atoms with van der Waals surface area (Å²) in [6, 6.07) is 17.6. The van der Waals surface area contributed by atoms with Crippen molar-refractivity contribution in [2.75, 3.05) is 31.1 Å². The maximum atomic E-state index is 13.6. The number of carbonyl (C=O) groups excluding carboxylic acids is 1. The minimum atomic E-state index is -0.949. The molecule has 0 spiro atoms. The first-order chi connectivity index (χ1) is 19.3. The zero-order valence-corrected chi connectivity index (χ0v) is 23.9. The highest BCUT2D eigenvalue weighted by atomic mass is 35.5. The van der Waals surface area contributed by atoms with Crippen LogP contribution < -0.4 is 9.64 Å². The van der Waals surface area contributed by atoms with E-state index in [0.29, 0.717) is 40.4 Å². The maximum absolute atomic E-state index is 13.6. The van der Waals surface area contributed by atoms with Crippen LogP contribution in [0, 0.1) is 11.8 Å². The average molecular weight is 565 g/mol. The highest BCUT2D eigenvalue weighted by Crippen LogP contribution is 2.25. The number of carbonyl (C=O) groups is 2. The monoisotopic (exact) mass is 564 g/mol. The number of nitrogens with zero attached hydrogens (tertiary/aromatic N) is 4. The van der Waals surface area contributed by atoms with E-state index in [1.165, 1.54) is 5.56 Å². The third-order valence-electron chi connectivity index (χ3n) is 7.01. The van der Waals surface area contributed by atoms with Gasteiger partial charge in [0.05, 0.1) is 17.7 Å². The Morgan fingerprint density at radius 1 is 1.10 bits per heavy atom. The molecule has 1 amide bonds. The van der Waals surface area contributed by atoms with Gasteiger partial charge < -0.3 is 19.6 Å². The first-order valence-corrected chi connectivity index (χ1v) is 14.2. The number of benzene rings is 2. The SMILES string of the molecule is CC(C)CN(CCC(=O)O)C(=O)c1cnc(N2CCC(Cc3ccccc3)CC2)nc1COc1ccc(Cl)cc1. The van der Waals surface area contributed by atoms with Crippen molar-refractivity contribution in [2.45, 2.75) is 46.1 Å². The molecule has 0 aliphatic carbocycles. The minimum Gasteiger partial charge on any atom is -0.487 e. The van der Waals surface area contributed by atoms with E-state index >= 15 is 0 Å². The summed E-state index contributed by atoms with van der Waals surface area (Å²) in [6.45, 7) is 6.26. The second kappa shape index (κ2) is 14.1. The van der Waals surface area contributed by atoms with Gasteiger partial charge in [0.15, 0.2) is 0 Å². The summed E-state index contributed by atoms with van der Waals surface area (Å²) in [6.07, 6.45) is 4.56. The van der Waals surface area contributed by atoms with Crippen molar-refractivity contribution in [3.05, 3.63) is 82.6 Å². The molecule has 8 nitrogen and oxygen atoms in total. The van der Waals surface area contributed by atoms with E-state index in [1.807, 2.05) is 19.9 Å². The molecule has 0 saturated carbocycles. The Bertz CT molecular complexity index is 1260. The normalized spacial score (nSPS) is 13.8. The largest absolute Gasteiger partial charge is 0.487 e. The van der Waals surface area contributed by atoms with Crippen LogP contribution >= 0.6 is 11.6 Å². The number of aliphatic carboxylic acids is 1. The van der Waals surface area contributed by atoms with Crippen molar-refractivity contribution in [2.24, 2.45) is 11.8 Å². The molecule has 9 heteroatoms. The number of hydrogen-bond donors (Lipinski definition) is 1. The molecule has 1 aliphatic rings. The molecule has 3 aromatic rings. The van der Waals surface area contributed by atoms with Crippen LogP contribution in [0.3, 0.4) is 0 Å². The van der Waals surface area contributed by atoms with Crippen molar-refractivity contribution in [3.63, 3.8) is 0 Å². The first-order valence-electron chi connectivity index (χ1n) is 13.8. The lowest BCUT2D eigenvalue weighted by Gasteiger charge is -2.32. The predicted molar refractivity (Wildman–Crippen MR) is 156 cm³/mol. The van der Waals surface area contributed by atoms with Gasteiger partial charge in [0.1, 0.15) is 12.4 Å². The van der Waals surface area contributed by atoms with Crippen LogP contribution in [0.1, 0.15) is 54.7 Å². The molecule has 0 bridgehead atoms. The van der Waals surface area contributed by atoms with Crippen molar-refractivity contribution >= 4 is 29.4 Å². The number of ether oxygens (including phenoxy) is 1. The van der Waals surface area contributed by atoms with Crippen LogP contribution in [-0.4, -0.2) is 58.0 Å². The molecule has 1 fully saturated rings. The smallest absolute Gasteiger partial charge is 0.305 e. The fourth-order valence-electron chi connectivity index (χ4n) is 4.93. The molecular formula is C31H37ClN4O4. The van der Waals surface area contributed by atoms with Gasteiger partial charge in [-0.3, -0.25) is 9.59 Å². The first kappa shape index (κ1) is 29.3. The maximum Gasteiger partial charge on any atom is 0.305 e. The van der Waals surface area contributed by atoms with Gasteiger partial charge in [-0.1, -0.05) is 55.8 Å². The fourth-order valence-corrected chi connectivity index (χ4v) is 5.06. The Labute approximate surface area is 241 Å². The topological polar surface area (TPSA) is 95.9 Å². The molecule has 1 aliphatic heterocycles. The molecule has 1 N–H and O–H groups in total. The zero-order valence-electron chi connectivity index (χ0n) is 23.1. The van der Waals surface area contributed by atoms with E-state index in [-0.39, 0.29) is 31.4 Å². The molecule has 2 heterocycles. The van der Waals surface area contributed by atoms with Crippen LogP contribution in [0.5, 0.6) is 5.75 Å². The fraction of sp³-hybridized carbons (Fsp3) is 0.419. The minimum absolute atomic E-state index is 0.0666. The summed E-state index contributed by atoms with van der Waals surface area (Å²) in [7, 11) is 0. The van der Waals surface area contributed by atoms with Gasteiger partial charge in [-0.05, 0) is 60.9 Å². The summed E-state index contributed by atoms with van der Waals surface area (Å²) >= 11 is 6.01. The number of amides is 1. The van der Waals surface area contributed by atoms with Gasteiger partial charge in [-0.25, -0.2) is 9.97 Å². The molecule has 212 valence electrons. The van der Waals surface area contributed by atoms with Crippen LogP contribution in [0.25, 0.3) is 0 Å². The van der Waals surface area contributed by atoms with Gasteiger partial charge in [0.2, 0.25) is 5.95 Å². The summed E-state index contributed by atoms with van der Waals surface area (Å²) < 4.78 is 5.99. The molecule has 4 rings (SSSR count). The van der Waals surface area contributed by atoms with Gasteiger partial charge >= 0.3 is 5.97 Å². The number of carboxylic acids is 1. The third-order valence-corrected chi connectivity index (χ3v) is 7.26. The summed E-state index contributed by atoms with van der Waals surface area (Å²) in [5, 5.41) is 9.82. The van der Waals surface area contributed by atoms with Crippen LogP contribution in [-0.2, 0) is 17.8 Å². The molecule has 1 aromatic heterocycles. The van der Waals surface area contributed by atoms with E-state index in [0.717, 1.165) is 32.4 Å². The van der Waals surface area contributed by atoms with E-state index < -0.39 is 5.97 Å². The van der Waals surface area contributed by atoms with Gasteiger partial charge in [-0.2, -0.15) is 0 Å². The van der Waals surface area contributed by atoms with E-state index in [1.54, 1.807) is 35.4 Å². The molecule has 0 atom stereocenters. The number of rotatable bonds is 12. The average Bonchev–Trinajstić information content (AvgIpc) is 2.95. The van der Waals surface area contributed by atoms with Gasteiger partial charge in [-0.15, -0.1) is 0 Å². The van der Waals surface area contributed by atoms with Crippen molar-refractivity contribution < 1.29 is 19.4 Å². The second-order valence-electron chi connectivity index (χ2n) is 10.7. The summed E-state index contributed by atoms with van der Waals surface area (Å²) in [5.41, 5.74) is 2.15. The highest BCUT2D eigenvalue weighted by Gasteiger charge is 2.26. The Balaban J connectivity index is 1.53. The van der Waals surface area contributed by atoms with Crippen LogP contribution in [0.15, 0.2) is 60.8 Å². The van der Waals surface area contributed by atoms with Gasteiger partial charge in [0, 0.05) is 37.4 Å². The Morgan fingerprint density at radius 3 is 2.45 bits per heavy atom. The second-order valence-corrected chi connectivity index (χ2v) is 11.1. The van der Waals surface area contributed by atoms with E-state index in [9.17, 15) is 14.7 Å². The van der Waals surface area contributed by atoms with Crippen LogP contribution in [0.4, 0.5) is 5.95 Å². The van der Waals surface area contributed by atoms with Gasteiger partial charge in [0.25, 0.3) is 5.91 Å². The molecule has 0 radical (unpaired) electrons. The number of hydrogen-bond acceptors (Lipinski definition) is 6. The quantitative estimate of drug-likeness (QED) is 0.299. The lowest BCUT2D eigenvalue weighted by Crippen LogP contribution is -2.38. The van der Waals surface area contributed by atoms with Crippen molar-refractivity contribution in [1.82, 2.24) is 14.9 Å². The standard InChI is InChI=1S/C31H37ClN4O4/c1-22(2)20-36(17-14-29(37)38)30(39)27-19-33-31(34-28(27)21-40-26-10-8-25(32)9-11-26)35-15-12-24(13-16-35)18-23-6-4-3-5-7-23/h3-11,19,22,24H,12-18,20-21H2,1-2H3,(H,37,38). The zero-order chi connectivity index (χ0) is 28.5. The number of carboxylic acid groups (broad SMARTS) is 1. The molecule has 0 unspecified atom stereocenters. The lowest BCUT2D eigenvalue weighted by molar-refractivity contribution is -0.137. The van der Waals surface area contributed by atoms with Crippen molar-refractivity contribution in [3.8, 4) is 5.75 Å². The van der Waals surface area contributed by atoms with Crippen LogP contribution in [0.2, 0.25) is 5.02 Å². The Kier molecular flexibility index (Phi) is 10.4. The lowest BCUT2D eigenvalue weighted by atomic mass is 9.90. The predicted octanol–water partition coefficient (Wildman–Crippen LogP) is 5.74. The summed E-state index contributed by atoms with van der Waals surface area (Å²) in [4.78, 5) is 38.0. The van der Waals surface area contributed by atoms with E-state index in [4.69, 9.17) is 21.3 Å². The highest BCUT2D eigenvalue weighted by molar-refractivity contribution is 6.30. The Hall–Kier alpha value is -3.65.